The molecule has 0 fully saturated rings. The van der Waals surface area contributed by atoms with Gasteiger partial charge in [-0.05, 0) is 49.6 Å². The van der Waals surface area contributed by atoms with Crippen molar-refractivity contribution in [3.8, 4) is 5.75 Å². The Kier molecular flexibility index (Phi) is 3.83. The molecule has 3 nitrogen and oxygen atoms in total. The van der Waals surface area contributed by atoms with E-state index in [0.29, 0.717) is 6.54 Å². The van der Waals surface area contributed by atoms with Crippen LogP contribution in [0.1, 0.15) is 5.56 Å². The zero-order valence-corrected chi connectivity index (χ0v) is 12.1. The molecule has 0 N–H and O–H groups in total. The molecule has 2 rings (SSSR count). The van der Waals surface area contributed by atoms with Crippen LogP contribution in [0.4, 0.5) is 4.39 Å². The third-order valence-electron chi connectivity index (χ3n) is 2.25. The minimum atomic E-state index is -0.368. The second kappa shape index (κ2) is 5.18. The fourth-order valence-corrected chi connectivity index (χ4v) is 2.59. The smallest absolute Gasteiger partial charge is 0.165 e. The third-order valence-corrected chi connectivity index (χ3v) is 3.28. The van der Waals surface area contributed by atoms with Gasteiger partial charge in [0.25, 0.3) is 0 Å². The molecule has 0 aliphatic carbocycles. The van der Waals surface area contributed by atoms with E-state index in [2.05, 4.69) is 37.0 Å². The number of halogens is 3. The highest BCUT2D eigenvalue weighted by molar-refractivity contribution is 9.11. The fourth-order valence-electron chi connectivity index (χ4n) is 1.46. The molecule has 0 atom stereocenters. The summed E-state index contributed by atoms with van der Waals surface area (Å²) in [5.41, 5.74) is 0.819. The number of ether oxygens (including phenoxy) is 1. The van der Waals surface area contributed by atoms with Crippen molar-refractivity contribution in [2.24, 2.45) is 0 Å². The second-order valence-electron chi connectivity index (χ2n) is 3.42. The van der Waals surface area contributed by atoms with Crippen LogP contribution in [-0.2, 0) is 6.54 Å². The van der Waals surface area contributed by atoms with Gasteiger partial charge in [0.1, 0.15) is 9.21 Å². The van der Waals surface area contributed by atoms with Crippen LogP contribution in [0.2, 0.25) is 0 Å². The lowest BCUT2D eigenvalue weighted by Gasteiger charge is -2.06. The molecule has 0 radical (unpaired) electrons. The van der Waals surface area contributed by atoms with Crippen LogP contribution in [0.5, 0.6) is 5.75 Å². The van der Waals surface area contributed by atoms with Gasteiger partial charge < -0.3 is 4.74 Å². The molecule has 0 spiro atoms. The van der Waals surface area contributed by atoms with Gasteiger partial charge in [0.05, 0.1) is 13.7 Å². The van der Waals surface area contributed by atoms with Crippen LogP contribution in [0, 0.1) is 5.82 Å². The van der Waals surface area contributed by atoms with Crippen LogP contribution in [-0.4, -0.2) is 16.9 Å². The van der Waals surface area contributed by atoms with Crippen molar-refractivity contribution in [2.75, 3.05) is 7.11 Å². The summed E-state index contributed by atoms with van der Waals surface area (Å²) in [4.78, 5) is 0. The summed E-state index contributed by atoms with van der Waals surface area (Å²) >= 11 is 6.65. The summed E-state index contributed by atoms with van der Waals surface area (Å²) in [5.74, 6) is -0.123. The molecular formula is C11H9Br2FN2O. The van der Waals surface area contributed by atoms with Gasteiger partial charge in [-0.15, -0.1) is 0 Å². The Morgan fingerprint density at radius 2 is 2.12 bits per heavy atom. The Morgan fingerprint density at radius 3 is 2.65 bits per heavy atom. The molecule has 0 aliphatic heterocycles. The molecule has 1 aromatic carbocycles. The summed E-state index contributed by atoms with van der Waals surface area (Å²) in [5, 5.41) is 4.21. The number of hydrogen-bond donors (Lipinski definition) is 0. The topological polar surface area (TPSA) is 27.1 Å². The Bertz CT molecular complexity index is 542. The van der Waals surface area contributed by atoms with Gasteiger partial charge in [-0.2, -0.15) is 5.10 Å². The summed E-state index contributed by atoms with van der Waals surface area (Å²) in [6.07, 6.45) is 0. The standard InChI is InChI=1S/C11H9Br2FN2O/c1-17-9-3-2-7(4-8(9)14)6-16-11(13)5-10(12)15-16/h2-5H,6H2,1H3. The lowest BCUT2D eigenvalue weighted by Crippen LogP contribution is -2.02. The van der Waals surface area contributed by atoms with E-state index in [1.165, 1.54) is 13.2 Å². The Labute approximate surface area is 115 Å². The number of methoxy groups -OCH3 is 1. The molecule has 0 amide bonds. The molecule has 17 heavy (non-hydrogen) atoms. The highest BCUT2D eigenvalue weighted by atomic mass is 79.9. The predicted octanol–water partition coefficient (Wildman–Crippen LogP) is 3.60. The predicted molar refractivity (Wildman–Crippen MR) is 69.7 cm³/mol. The molecule has 2 aromatic rings. The first-order chi connectivity index (χ1) is 8.10. The zero-order chi connectivity index (χ0) is 12.4. The average molecular weight is 364 g/mol. The van der Waals surface area contributed by atoms with E-state index in [0.717, 1.165) is 14.8 Å². The summed E-state index contributed by atoms with van der Waals surface area (Å²) < 4.78 is 21.6. The molecule has 0 saturated heterocycles. The van der Waals surface area contributed by atoms with E-state index < -0.39 is 0 Å². The van der Waals surface area contributed by atoms with Gasteiger partial charge in [0.15, 0.2) is 11.6 Å². The van der Waals surface area contributed by atoms with Gasteiger partial charge in [0, 0.05) is 6.07 Å². The molecule has 0 aliphatic rings. The van der Waals surface area contributed by atoms with Gasteiger partial charge in [0.2, 0.25) is 0 Å². The first kappa shape index (κ1) is 12.6. The van der Waals surface area contributed by atoms with E-state index in [1.807, 2.05) is 12.1 Å². The minimum absolute atomic E-state index is 0.245. The van der Waals surface area contributed by atoms with Crippen molar-refractivity contribution < 1.29 is 9.13 Å². The maximum absolute atomic E-state index is 13.5. The van der Waals surface area contributed by atoms with Crippen molar-refractivity contribution >= 4 is 31.9 Å². The summed E-state index contributed by atoms with van der Waals surface area (Å²) in [7, 11) is 1.44. The van der Waals surface area contributed by atoms with Crippen molar-refractivity contribution in [2.45, 2.75) is 6.54 Å². The summed E-state index contributed by atoms with van der Waals surface area (Å²) in [6.45, 7) is 0.493. The maximum atomic E-state index is 13.5. The van der Waals surface area contributed by atoms with Crippen LogP contribution < -0.4 is 4.74 Å². The summed E-state index contributed by atoms with van der Waals surface area (Å²) in [6, 6.07) is 6.70. The lowest BCUT2D eigenvalue weighted by molar-refractivity contribution is 0.386. The SMILES string of the molecule is COc1ccc(Cn2nc(Br)cc2Br)cc1F. The number of benzene rings is 1. The van der Waals surface area contributed by atoms with Gasteiger partial charge in [-0.1, -0.05) is 6.07 Å². The molecule has 90 valence electrons. The largest absolute Gasteiger partial charge is 0.494 e. The second-order valence-corrected chi connectivity index (χ2v) is 5.04. The third kappa shape index (κ3) is 2.87. The van der Waals surface area contributed by atoms with Crippen molar-refractivity contribution in [3.63, 3.8) is 0 Å². The van der Waals surface area contributed by atoms with Gasteiger partial charge >= 0.3 is 0 Å². The Hall–Kier alpha value is -0.880. The molecule has 1 heterocycles. The van der Waals surface area contributed by atoms with Crippen LogP contribution >= 0.6 is 31.9 Å². The van der Waals surface area contributed by atoms with Crippen molar-refractivity contribution in [1.29, 1.82) is 0 Å². The molecule has 0 bridgehead atoms. The van der Waals surface area contributed by atoms with E-state index in [4.69, 9.17) is 4.74 Å². The monoisotopic (exact) mass is 362 g/mol. The number of nitrogens with zero attached hydrogens (tertiary/aromatic N) is 2. The van der Waals surface area contributed by atoms with Crippen molar-refractivity contribution in [3.05, 3.63) is 44.9 Å². The number of hydrogen-bond acceptors (Lipinski definition) is 2. The number of rotatable bonds is 3. The van der Waals surface area contributed by atoms with Gasteiger partial charge in [-0.3, -0.25) is 4.68 Å². The molecule has 6 heteroatoms. The van der Waals surface area contributed by atoms with E-state index in [1.54, 1.807) is 10.7 Å². The molecule has 1 aromatic heterocycles. The average Bonchev–Trinajstić information content (AvgIpc) is 2.58. The Balaban J connectivity index is 2.24. The van der Waals surface area contributed by atoms with Crippen LogP contribution in [0.15, 0.2) is 33.5 Å². The maximum Gasteiger partial charge on any atom is 0.165 e. The number of aromatic nitrogens is 2. The van der Waals surface area contributed by atoms with Crippen molar-refractivity contribution in [1.82, 2.24) is 9.78 Å². The van der Waals surface area contributed by atoms with Gasteiger partial charge in [-0.25, -0.2) is 4.39 Å². The zero-order valence-electron chi connectivity index (χ0n) is 8.95. The minimum Gasteiger partial charge on any atom is -0.494 e. The highest BCUT2D eigenvalue weighted by Crippen LogP contribution is 2.21. The lowest BCUT2D eigenvalue weighted by atomic mass is 10.2. The van der Waals surface area contributed by atoms with Crippen LogP contribution in [0.3, 0.4) is 0 Å². The molecular weight excluding hydrogens is 355 g/mol. The van der Waals surface area contributed by atoms with Crippen LogP contribution in [0.25, 0.3) is 0 Å². The van der Waals surface area contributed by atoms with E-state index in [9.17, 15) is 4.39 Å². The first-order valence-corrected chi connectivity index (χ1v) is 6.40. The normalized spacial score (nSPS) is 10.6. The first-order valence-electron chi connectivity index (χ1n) is 4.81. The van der Waals surface area contributed by atoms with E-state index in [-0.39, 0.29) is 11.6 Å². The fraction of sp³-hybridized carbons (Fsp3) is 0.182. The molecule has 0 unspecified atom stereocenters. The quantitative estimate of drug-likeness (QED) is 0.833. The Morgan fingerprint density at radius 1 is 1.35 bits per heavy atom. The van der Waals surface area contributed by atoms with E-state index >= 15 is 0 Å². The molecule has 0 saturated carbocycles. The highest BCUT2D eigenvalue weighted by Gasteiger charge is 2.07.